The van der Waals surface area contributed by atoms with Gasteiger partial charge < -0.3 is 10.6 Å². The van der Waals surface area contributed by atoms with Crippen molar-refractivity contribution in [2.45, 2.75) is 51.5 Å². The van der Waals surface area contributed by atoms with E-state index in [2.05, 4.69) is 6.92 Å². The van der Waals surface area contributed by atoms with Gasteiger partial charge in [-0.1, -0.05) is 19.8 Å². The predicted octanol–water partition coefficient (Wildman–Crippen LogP) is 1.52. The Morgan fingerprint density at radius 3 is 2.79 bits per heavy atom. The van der Waals surface area contributed by atoms with Crippen LogP contribution in [0.2, 0.25) is 0 Å². The van der Waals surface area contributed by atoms with Crippen LogP contribution in [0.1, 0.15) is 45.4 Å². The highest BCUT2D eigenvalue weighted by Crippen LogP contribution is 2.11. The molecule has 1 unspecified atom stereocenters. The molecular formula is C11H22N2O. The zero-order valence-electron chi connectivity index (χ0n) is 9.17. The zero-order valence-corrected chi connectivity index (χ0v) is 9.17. The number of amides is 1. The minimum absolute atomic E-state index is 0.151. The van der Waals surface area contributed by atoms with Crippen LogP contribution in [0.15, 0.2) is 0 Å². The summed E-state index contributed by atoms with van der Waals surface area (Å²) in [6, 6.07) is 0.151. The predicted molar refractivity (Wildman–Crippen MR) is 57.9 cm³/mol. The van der Waals surface area contributed by atoms with Crippen LogP contribution in [-0.2, 0) is 4.79 Å². The Labute approximate surface area is 86.6 Å². The van der Waals surface area contributed by atoms with Crippen LogP contribution < -0.4 is 5.73 Å². The van der Waals surface area contributed by atoms with Crippen LogP contribution in [0.25, 0.3) is 0 Å². The molecule has 2 N–H and O–H groups in total. The fourth-order valence-corrected chi connectivity index (χ4v) is 1.82. The molecule has 1 saturated heterocycles. The lowest BCUT2D eigenvalue weighted by molar-refractivity contribution is -0.132. The molecule has 0 spiro atoms. The molecule has 1 atom stereocenters. The highest BCUT2D eigenvalue weighted by atomic mass is 16.2. The molecule has 0 aliphatic carbocycles. The van der Waals surface area contributed by atoms with Gasteiger partial charge in [0, 0.05) is 25.6 Å². The molecule has 0 radical (unpaired) electrons. The van der Waals surface area contributed by atoms with Gasteiger partial charge in [-0.25, -0.2) is 0 Å². The van der Waals surface area contributed by atoms with Gasteiger partial charge in [0.05, 0.1) is 0 Å². The minimum Gasteiger partial charge on any atom is -0.341 e. The Balaban J connectivity index is 2.41. The maximum absolute atomic E-state index is 11.7. The van der Waals surface area contributed by atoms with Gasteiger partial charge in [-0.05, 0) is 19.3 Å². The third kappa shape index (κ3) is 3.66. The molecule has 82 valence electrons. The van der Waals surface area contributed by atoms with Gasteiger partial charge in [-0.15, -0.1) is 0 Å². The number of hydrogen-bond donors (Lipinski definition) is 1. The molecule has 1 aliphatic heterocycles. The molecule has 1 amide bonds. The number of hydrogen-bond acceptors (Lipinski definition) is 2. The monoisotopic (exact) mass is 198 g/mol. The van der Waals surface area contributed by atoms with E-state index in [-0.39, 0.29) is 6.04 Å². The van der Waals surface area contributed by atoms with Crippen molar-refractivity contribution >= 4 is 5.91 Å². The second kappa shape index (κ2) is 6.02. The smallest absolute Gasteiger partial charge is 0.222 e. The topological polar surface area (TPSA) is 46.3 Å². The van der Waals surface area contributed by atoms with Gasteiger partial charge >= 0.3 is 0 Å². The first-order chi connectivity index (χ1) is 6.74. The van der Waals surface area contributed by atoms with Gasteiger partial charge in [-0.3, -0.25) is 4.79 Å². The first kappa shape index (κ1) is 11.5. The molecule has 1 rings (SSSR count). The summed E-state index contributed by atoms with van der Waals surface area (Å²) in [5, 5.41) is 0. The molecule has 3 nitrogen and oxygen atoms in total. The lowest BCUT2D eigenvalue weighted by Crippen LogP contribution is -2.41. The molecule has 3 heteroatoms. The highest BCUT2D eigenvalue weighted by molar-refractivity contribution is 5.76. The van der Waals surface area contributed by atoms with E-state index >= 15 is 0 Å². The summed E-state index contributed by atoms with van der Waals surface area (Å²) in [4.78, 5) is 13.6. The van der Waals surface area contributed by atoms with Crippen molar-refractivity contribution < 1.29 is 4.79 Å². The van der Waals surface area contributed by atoms with E-state index in [1.54, 1.807) is 0 Å². The van der Waals surface area contributed by atoms with Crippen LogP contribution in [0.4, 0.5) is 0 Å². The molecule has 1 fully saturated rings. The number of rotatable bonds is 3. The van der Waals surface area contributed by atoms with Crippen LogP contribution in [0.5, 0.6) is 0 Å². The summed E-state index contributed by atoms with van der Waals surface area (Å²) < 4.78 is 0. The van der Waals surface area contributed by atoms with Crippen molar-refractivity contribution in [2.24, 2.45) is 5.73 Å². The summed E-state index contributed by atoms with van der Waals surface area (Å²) in [6.07, 6.45) is 6.32. The molecule has 0 aromatic heterocycles. The Hall–Kier alpha value is -0.570. The summed E-state index contributed by atoms with van der Waals surface area (Å²) in [6.45, 7) is 3.72. The van der Waals surface area contributed by atoms with Gasteiger partial charge in [0.1, 0.15) is 0 Å². The van der Waals surface area contributed by atoms with E-state index in [4.69, 9.17) is 5.73 Å². The zero-order chi connectivity index (χ0) is 10.4. The Morgan fingerprint density at radius 1 is 1.36 bits per heavy atom. The van der Waals surface area contributed by atoms with Crippen molar-refractivity contribution in [3.05, 3.63) is 0 Å². The van der Waals surface area contributed by atoms with Crippen LogP contribution in [0.3, 0.4) is 0 Å². The second-order valence-corrected chi connectivity index (χ2v) is 4.17. The van der Waals surface area contributed by atoms with Crippen molar-refractivity contribution in [2.75, 3.05) is 13.1 Å². The summed E-state index contributed by atoms with van der Waals surface area (Å²) in [5.74, 6) is 0.300. The van der Waals surface area contributed by atoms with E-state index in [0.29, 0.717) is 5.91 Å². The Kier molecular flexibility index (Phi) is 4.94. The second-order valence-electron chi connectivity index (χ2n) is 4.17. The fraction of sp³-hybridized carbons (Fsp3) is 0.909. The van der Waals surface area contributed by atoms with E-state index in [9.17, 15) is 4.79 Å². The van der Waals surface area contributed by atoms with Gasteiger partial charge in [-0.2, -0.15) is 0 Å². The third-order valence-corrected chi connectivity index (χ3v) is 2.90. The molecular weight excluding hydrogens is 176 g/mol. The maximum Gasteiger partial charge on any atom is 0.222 e. The molecule has 0 aromatic carbocycles. The van der Waals surface area contributed by atoms with Gasteiger partial charge in [0.15, 0.2) is 0 Å². The number of likely N-dealkylation sites (tertiary alicyclic amines) is 1. The largest absolute Gasteiger partial charge is 0.341 e. The van der Waals surface area contributed by atoms with Crippen molar-refractivity contribution in [1.29, 1.82) is 0 Å². The van der Waals surface area contributed by atoms with Crippen molar-refractivity contribution in [3.63, 3.8) is 0 Å². The van der Waals surface area contributed by atoms with E-state index in [1.807, 2.05) is 4.90 Å². The third-order valence-electron chi connectivity index (χ3n) is 2.90. The van der Waals surface area contributed by atoms with Crippen molar-refractivity contribution in [3.8, 4) is 0 Å². The normalized spacial score (nSPS) is 21.6. The highest BCUT2D eigenvalue weighted by Gasteiger charge is 2.16. The Morgan fingerprint density at radius 2 is 2.07 bits per heavy atom. The summed E-state index contributed by atoms with van der Waals surface area (Å²) in [7, 11) is 0. The van der Waals surface area contributed by atoms with Crippen LogP contribution in [-0.4, -0.2) is 29.9 Å². The number of nitrogens with two attached hydrogens (primary N) is 1. The van der Waals surface area contributed by atoms with E-state index < -0.39 is 0 Å². The average Bonchev–Trinajstić information content (AvgIpc) is 2.17. The fourth-order valence-electron chi connectivity index (χ4n) is 1.82. The van der Waals surface area contributed by atoms with E-state index in [1.165, 1.54) is 12.8 Å². The SMILES string of the molecule is CCC(N)CN1CCCCCCC1=O. The molecule has 1 aliphatic rings. The molecule has 14 heavy (non-hydrogen) atoms. The molecule has 0 aromatic rings. The molecule has 0 saturated carbocycles. The van der Waals surface area contributed by atoms with Crippen LogP contribution in [0, 0.1) is 0 Å². The summed E-state index contributed by atoms with van der Waals surface area (Å²) >= 11 is 0. The molecule has 1 heterocycles. The number of nitrogens with zero attached hydrogens (tertiary/aromatic N) is 1. The first-order valence-corrected chi connectivity index (χ1v) is 5.77. The lowest BCUT2D eigenvalue weighted by Gasteiger charge is -2.27. The lowest BCUT2D eigenvalue weighted by atomic mass is 10.1. The van der Waals surface area contributed by atoms with Crippen LogP contribution >= 0.6 is 0 Å². The standard InChI is InChI=1S/C11H22N2O/c1-2-10(12)9-13-8-6-4-3-5-7-11(13)14/h10H,2-9,12H2,1H3. The first-order valence-electron chi connectivity index (χ1n) is 5.77. The minimum atomic E-state index is 0.151. The Bertz CT molecular complexity index is 182. The van der Waals surface area contributed by atoms with Gasteiger partial charge in [0.25, 0.3) is 0 Å². The van der Waals surface area contributed by atoms with Crippen molar-refractivity contribution in [1.82, 2.24) is 4.90 Å². The molecule has 0 bridgehead atoms. The summed E-state index contributed by atoms with van der Waals surface area (Å²) in [5.41, 5.74) is 5.86. The number of carbonyl (C=O) groups is 1. The average molecular weight is 198 g/mol. The van der Waals surface area contributed by atoms with Gasteiger partial charge in [0.2, 0.25) is 5.91 Å². The number of carbonyl (C=O) groups excluding carboxylic acids is 1. The quantitative estimate of drug-likeness (QED) is 0.747. The maximum atomic E-state index is 11.7. The van der Waals surface area contributed by atoms with E-state index in [0.717, 1.165) is 38.8 Å².